The van der Waals surface area contributed by atoms with Crippen LogP contribution in [-0.4, -0.2) is 5.75 Å². The van der Waals surface area contributed by atoms with Crippen LogP contribution in [0.1, 0.15) is 12.0 Å². The molecule has 4 heteroatoms. The third-order valence-electron chi connectivity index (χ3n) is 1.61. The zero-order valence-electron chi connectivity index (χ0n) is 7.30. The Balaban J connectivity index is 2.89. The fraction of sp³-hybridized carbons (Fsp3) is 0.200. The second kappa shape index (κ2) is 5.64. The van der Waals surface area contributed by atoms with Crippen molar-refractivity contribution >= 4 is 41.9 Å². The maximum absolute atomic E-state index is 13.1. The molecule has 0 aromatic heterocycles. The lowest BCUT2D eigenvalue weighted by Crippen LogP contribution is -1.81. The summed E-state index contributed by atoms with van der Waals surface area (Å²) in [6.07, 6.45) is 4.54. The van der Waals surface area contributed by atoms with Gasteiger partial charge in [0.05, 0.1) is 10.0 Å². The summed E-state index contributed by atoms with van der Waals surface area (Å²) in [7, 11) is 0. The largest absolute Gasteiger partial charge is 0.205 e. The van der Waals surface area contributed by atoms with Crippen molar-refractivity contribution in [3.8, 4) is 0 Å². The summed E-state index contributed by atoms with van der Waals surface area (Å²) in [6, 6.07) is 2.98. The number of hydrogen-bond donors (Lipinski definition) is 1. The minimum Gasteiger partial charge on any atom is -0.205 e. The lowest BCUT2D eigenvalue weighted by atomic mass is 10.2. The molecule has 0 aliphatic heterocycles. The highest BCUT2D eigenvalue weighted by Gasteiger charge is 2.05. The van der Waals surface area contributed by atoms with E-state index in [4.69, 9.17) is 23.2 Å². The van der Waals surface area contributed by atoms with Gasteiger partial charge in [-0.15, -0.1) is 0 Å². The van der Waals surface area contributed by atoms with Crippen molar-refractivity contribution in [1.82, 2.24) is 0 Å². The lowest BCUT2D eigenvalue weighted by Gasteiger charge is -1.99. The Morgan fingerprint density at radius 3 is 2.64 bits per heavy atom. The summed E-state index contributed by atoms with van der Waals surface area (Å²) >= 11 is 15.3. The number of allylic oxidation sites excluding steroid dienone is 1. The van der Waals surface area contributed by atoms with Gasteiger partial charge in [-0.25, -0.2) is 4.39 Å². The van der Waals surface area contributed by atoms with Crippen molar-refractivity contribution in [2.45, 2.75) is 6.42 Å². The topological polar surface area (TPSA) is 0 Å². The van der Waals surface area contributed by atoms with E-state index in [9.17, 15) is 4.39 Å². The monoisotopic (exact) mass is 250 g/mol. The number of hydrogen-bond acceptors (Lipinski definition) is 1. The summed E-state index contributed by atoms with van der Waals surface area (Å²) in [5.74, 6) is 0.269. The van der Waals surface area contributed by atoms with Crippen LogP contribution in [0.4, 0.5) is 4.39 Å². The van der Waals surface area contributed by atoms with E-state index in [1.807, 2.05) is 6.08 Å². The summed E-state index contributed by atoms with van der Waals surface area (Å²) in [5.41, 5.74) is 0.707. The summed E-state index contributed by atoms with van der Waals surface area (Å²) in [5, 5.41) is 0.204. The molecule has 0 spiro atoms. The van der Waals surface area contributed by atoms with E-state index in [1.165, 1.54) is 6.07 Å². The Labute approximate surface area is 98.1 Å². The van der Waals surface area contributed by atoms with Crippen LogP contribution in [0.3, 0.4) is 0 Å². The van der Waals surface area contributed by atoms with E-state index in [2.05, 4.69) is 12.6 Å². The quantitative estimate of drug-likeness (QED) is 0.594. The molecule has 0 saturated heterocycles. The highest BCUT2D eigenvalue weighted by atomic mass is 35.5. The standard InChI is InChI=1S/C10H9Cl2FS/c11-8-5-7(3-1-2-4-14)6-9(13)10(8)12/h1,3,5-6,14H,2,4H2. The summed E-state index contributed by atoms with van der Waals surface area (Å²) in [6.45, 7) is 0. The van der Waals surface area contributed by atoms with Crippen LogP contribution in [-0.2, 0) is 0 Å². The molecule has 1 rings (SSSR count). The van der Waals surface area contributed by atoms with Crippen LogP contribution in [0.15, 0.2) is 18.2 Å². The lowest BCUT2D eigenvalue weighted by molar-refractivity contribution is 0.628. The Morgan fingerprint density at radius 1 is 1.36 bits per heavy atom. The predicted molar refractivity (Wildman–Crippen MR) is 63.9 cm³/mol. The van der Waals surface area contributed by atoms with Gasteiger partial charge in [0.1, 0.15) is 5.82 Å². The molecular formula is C10H9Cl2FS. The van der Waals surface area contributed by atoms with E-state index in [-0.39, 0.29) is 10.0 Å². The molecule has 0 heterocycles. The van der Waals surface area contributed by atoms with Crippen LogP contribution < -0.4 is 0 Å². The van der Waals surface area contributed by atoms with Crippen LogP contribution in [0, 0.1) is 5.82 Å². The fourth-order valence-electron chi connectivity index (χ4n) is 0.965. The molecule has 14 heavy (non-hydrogen) atoms. The van der Waals surface area contributed by atoms with Gasteiger partial charge in [0.2, 0.25) is 0 Å². The first-order valence-corrected chi connectivity index (χ1v) is 5.46. The molecule has 1 aromatic rings. The second-order valence-electron chi connectivity index (χ2n) is 2.71. The molecule has 0 fully saturated rings. The molecule has 0 amide bonds. The fourth-order valence-corrected chi connectivity index (χ4v) is 1.44. The van der Waals surface area contributed by atoms with Gasteiger partial charge in [0.15, 0.2) is 0 Å². The van der Waals surface area contributed by atoms with Gasteiger partial charge in [0, 0.05) is 0 Å². The van der Waals surface area contributed by atoms with E-state index < -0.39 is 5.82 Å². The summed E-state index contributed by atoms with van der Waals surface area (Å²) in [4.78, 5) is 0. The first-order chi connectivity index (χ1) is 6.65. The van der Waals surface area contributed by atoms with Gasteiger partial charge in [0.25, 0.3) is 0 Å². The molecule has 0 aliphatic carbocycles. The molecule has 0 N–H and O–H groups in total. The zero-order valence-corrected chi connectivity index (χ0v) is 9.71. The maximum Gasteiger partial charge on any atom is 0.143 e. The van der Waals surface area contributed by atoms with E-state index >= 15 is 0 Å². The molecule has 76 valence electrons. The SMILES string of the molecule is Fc1cc(C=CCCS)cc(Cl)c1Cl. The molecule has 0 aliphatic rings. The molecule has 0 radical (unpaired) electrons. The number of benzene rings is 1. The van der Waals surface area contributed by atoms with E-state index in [1.54, 1.807) is 12.1 Å². The highest BCUT2D eigenvalue weighted by Crippen LogP contribution is 2.26. The van der Waals surface area contributed by atoms with Gasteiger partial charge in [-0.1, -0.05) is 35.4 Å². The zero-order chi connectivity index (χ0) is 10.6. The summed E-state index contributed by atoms with van der Waals surface area (Å²) < 4.78 is 13.1. The molecule has 0 bridgehead atoms. The van der Waals surface area contributed by atoms with E-state index in [0.29, 0.717) is 5.56 Å². The Kier molecular flexibility index (Phi) is 4.79. The van der Waals surface area contributed by atoms with Crippen LogP contribution in [0.5, 0.6) is 0 Å². The van der Waals surface area contributed by atoms with Crippen molar-refractivity contribution in [3.05, 3.63) is 39.6 Å². The van der Waals surface area contributed by atoms with Crippen molar-refractivity contribution in [3.63, 3.8) is 0 Å². The van der Waals surface area contributed by atoms with Gasteiger partial charge in [-0.3, -0.25) is 0 Å². The first-order valence-electron chi connectivity index (χ1n) is 4.07. The predicted octanol–water partition coefficient (Wildman–Crippen LogP) is 4.47. The molecule has 0 unspecified atom stereocenters. The average molecular weight is 251 g/mol. The average Bonchev–Trinajstić information content (AvgIpc) is 2.14. The smallest absolute Gasteiger partial charge is 0.143 e. The van der Waals surface area contributed by atoms with Crippen molar-refractivity contribution in [1.29, 1.82) is 0 Å². The minimum atomic E-state index is -0.496. The Bertz CT molecular complexity index is 327. The van der Waals surface area contributed by atoms with Crippen molar-refractivity contribution in [2.75, 3.05) is 5.75 Å². The van der Waals surface area contributed by atoms with Crippen LogP contribution in [0.2, 0.25) is 10.0 Å². The third kappa shape index (κ3) is 3.19. The van der Waals surface area contributed by atoms with E-state index in [0.717, 1.165) is 12.2 Å². The molecular weight excluding hydrogens is 242 g/mol. The number of thiol groups is 1. The molecule has 0 nitrogen and oxygen atoms in total. The van der Waals surface area contributed by atoms with Gasteiger partial charge < -0.3 is 0 Å². The molecule has 1 aromatic carbocycles. The van der Waals surface area contributed by atoms with Crippen molar-refractivity contribution in [2.24, 2.45) is 0 Å². The second-order valence-corrected chi connectivity index (χ2v) is 3.95. The van der Waals surface area contributed by atoms with Crippen molar-refractivity contribution < 1.29 is 4.39 Å². The normalized spacial score (nSPS) is 11.1. The Morgan fingerprint density at radius 2 is 2.07 bits per heavy atom. The van der Waals surface area contributed by atoms with Gasteiger partial charge in [-0.2, -0.15) is 12.6 Å². The van der Waals surface area contributed by atoms with Crippen LogP contribution >= 0.6 is 35.8 Å². The minimum absolute atomic E-state index is 0.0296. The third-order valence-corrected chi connectivity index (χ3v) is 2.65. The Hall–Kier alpha value is -0.180. The number of halogens is 3. The molecule has 0 atom stereocenters. The first kappa shape index (κ1) is 11.9. The maximum atomic E-state index is 13.1. The number of rotatable bonds is 3. The van der Waals surface area contributed by atoms with Crippen LogP contribution in [0.25, 0.3) is 6.08 Å². The van der Waals surface area contributed by atoms with Gasteiger partial charge >= 0.3 is 0 Å². The molecule has 0 saturated carbocycles. The van der Waals surface area contributed by atoms with Gasteiger partial charge in [-0.05, 0) is 29.9 Å². The highest BCUT2D eigenvalue weighted by molar-refractivity contribution is 7.80.